The van der Waals surface area contributed by atoms with Gasteiger partial charge in [-0.25, -0.2) is 9.59 Å². The molecular weight excluding hydrogens is 424 g/mol. The number of hydrogen-bond donors (Lipinski definition) is 3. The second-order valence-corrected chi connectivity index (χ2v) is 7.93. The molecule has 0 saturated heterocycles. The van der Waals surface area contributed by atoms with Crippen molar-refractivity contribution in [3.63, 3.8) is 0 Å². The molecule has 4 rings (SSSR count). The van der Waals surface area contributed by atoms with Crippen LogP contribution >= 0.6 is 0 Å². The van der Waals surface area contributed by atoms with Crippen molar-refractivity contribution < 1.29 is 24.2 Å². The Hall–Kier alpha value is -4.14. The molecule has 1 unspecified atom stereocenters. The number of benzene rings is 2. The lowest BCUT2D eigenvalue weighted by Gasteiger charge is -2.16. The Bertz CT molecular complexity index is 1170. The zero-order chi connectivity index (χ0) is 23.5. The van der Waals surface area contributed by atoms with Gasteiger partial charge in [-0.1, -0.05) is 55.5 Å². The summed E-state index contributed by atoms with van der Waals surface area (Å²) in [5.41, 5.74) is 4.41. The minimum absolute atomic E-state index is 0.0305. The van der Waals surface area contributed by atoms with Gasteiger partial charge in [-0.2, -0.15) is 5.10 Å². The lowest BCUT2D eigenvalue weighted by atomic mass is 9.98. The van der Waals surface area contributed by atoms with Crippen molar-refractivity contribution in [3.05, 3.63) is 71.4 Å². The Kier molecular flexibility index (Phi) is 6.12. The number of nitrogens with one attached hydrogen (secondary N) is 2. The molecule has 1 aromatic heterocycles. The zero-order valence-electron chi connectivity index (χ0n) is 18.2. The number of ether oxygens (including phenoxy) is 1. The minimum Gasteiger partial charge on any atom is -0.477 e. The predicted octanol–water partition coefficient (Wildman–Crippen LogP) is 3.23. The maximum atomic E-state index is 12.5. The van der Waals surface area contributed by atoms with Crippen LogP contribution in [0.15, 0.2) is 54.7 Å². The molecular formula is C24H24N4O5. The number of aromatic nitrogens is 2. The van der Waals surface area contributed by atoms with Crippen molar-refractivity contribution in [2.45, 2.75) is 12.8 Å². The number of carbonyl (C=O) groups excluding carboxylic acids is 2. The van der Waals surface area contributed by atoms with Gasteiger partial charge in [0.1, 0.15) is 18.0 Å². The second-order valence-electron chi connectivity index (χ2n) is 7.93. The molecule has 33 heavy (non-hydrogen) atoms. The summed E-state index contributed by atoms with van der Waals surface area (Å²) in [7, 11) is 1.53. The first-order chi connectivity index (χ1) is 15.9. The topological polar surface area (TPSA) is 123 Å². The van der Waals surface area contributed by atoms with E-state index in [1.54, 1.807) is 6.92 Å². The fourth-order valence-corrected chi connectivity index (χ4v) is 3.96. The summed E-state index contributed by atoms with van der Waals surface area (Å²) in [6, 6.07) is 16.1. The van der Waals surface area contributed by atoms with Crippen molar-refractivity contribution >= 4 is 23.8 Å². The van der Waals surface area contributed by atoms with Crippen LogP contribution in [-0.4, -0.2) is 46.0 Å². The van der Waals surface area contributed by atoms with E-state index in [-0.39, 0.29) is 30.5 Å². The SMILES string of the molecule is CC(CNC(=O)OCC1c2ccccc2-c2ccccc21)C(=O)Nc1c(C(=O)O)cnn1C. The van der Waals surface area contributed by atoms with Gasteiger partial charge in [-0.3, -0.25) is 9.48 Å². The molecule has 3 N–H and O–H groups in total. The van der Waals surface area contributed by atoms with E-state index < -0.39 is 23.9 Å². The summed E-state index contributed by atoms with van der Waals surface area (Å²) in [4.78, 5) is 36.0. The van der Waals surface area contributed by atoms with E-state index in [4.69, 9.17) is 4.74 Å². The molecule has 1 heterocycles. The highest BCUT2D eigenvalue weighted by atomic mass is 16.5. The number of alkyl carbamates (subject to hydrolysis) is 1. The Morgan fingerprint density at radius 2 is 1.70 bits per heavy atom. The molecule has 2 amide bonds. The van der Waals surface area contributed by atoms with Crippen LogP contribution in [-0.2, 0) is 16.6 Å². The van der Waals surface area contributed by atoms with Gasteiger partial charge < -0.3 is 20.5 Å². The van der Waals surface area contributed by atoms with Gasteiger partial charge in [0.2, 0.25) is 5.91 Å². The fourth-order valence-electron chi connectivity index (χ4n) is 3.96. The highest BCUT2D eigenvalue weighted by molar-refractivity contribution is 6.00. The first kappa shape index (κ1) is 22.1. The van der Waals surface area contributed by atoms with Crippen molar-refractivity contribution in [1.29, 1.82) is 0 Å². The number of carboxylic acid groups (broad SMARTS) is 1. The van der Waals surface area contributed by atoms with Crippen LogP contribution in [0.2, 0.25) is 0 Å². The van der Waals surface area contributed by atoms with Gasteiger partial charge in [0.05, 0.1) is 12.1 Å². The molecule has 0 aliphatic heterocycles. The molecule has 2 aromatic carbocycles. The average Bonchev–Trinajstić information content (AvgIpc) is 3.34. The van der Waals surface area contributed by atoms with Crippen molar-refractivity contribution in [3.8, 4) is 11.1 Å². The molecule has 0 bridgehead atoms. The van der Waals surface area contributed by atoms with E-state index in [0.717, 1.165) is 28.5 Å². The van der Waals surface area contributed by atoms with E-state index in [1.807, 2.05) is 36.4 Å². The molecule has 3 aromatic rings. The van der Waals surface area contributed by atoms with Crippen LogP contribution in [0, 0.1) is 5.92 Å². The summed E-state index contributed by atoms with van der Waals surface area (Å²) < 4.78 is 6.74. The molecule has 9 heteroatoms. The Morgan fingerprint density at radius 1 is 1.09 bits per heavy atom. The molecule has 170 valence electrons. The van der Waals surface area contributed by atoms with Crippen LogP contribution < -0.4 is 10.6 Å². The summed E-state index contributed by atoms with van der Waals surface area (Å²) >= 11 is 0. The summed E-state index contributed by atoms with van der Waals surface area (Å²) in [5, 5.41) is 18.2. The molecule has 9 nitrogen and oxygen atoms in total. The second kappa shape index (κ2) is 9.15. The van der Waals surface area contributed by atoms with E-state index in [0.29, 0.717) is 0 Å². The van der Waals surface area contributed by atoms with Gasteiger partial charge in [-0.05, 0) is 22.3 Å². The minimum atomic E-state index is -1.19. The molecule has 1 aliphatic carbocycles. The van der Waals surface area contributed by atoms with Gasteiger partial charge in [-0.15, -0.1) is 0 Å². The number of amides is 2. The molecule has 0 fully saturated rings. The fraction of sp³-hybridized carbons (Fsp3) is 0.250. The number of carbonyl (C=O) groups is 3. The summed E-state index contributed by atoms with van der Waals surface area (Å²) in [6.45, 7) is 1.83. The lowest BCUT2D eigenvalue weighted by Crippen LogP contribution is -2.35. The first-order valence-corrected chi connectivity index (χ1v) is 10.5. The maximum Gasteiger partial charge on any atom is 0.407 e. The highest BCUT2D eigenvalue weighted by Gasteiger charge is 2.29. The highest BCUT2D eigenvalue weighted by Crippen LogP contribution is 2.44. The van der Waals surface area contributed by atoms with E-state index in [1.165, 1.54) is 11.7 Å². The Balaban J connectivity index is 1.32. The van der Waals surface area contributed by atoms with Crippen LogP contribution in [0.5, 0.6) is 0 Å². The molecule has 0 saturated carbocycles. The lowest BCUT2D eigenvalue weighted by molar-refractivity contribution is -0.119. The van der Waals surface area contributed by atoms with E-state index in [9.17, 15) is 19.5 Å². The maximum absolute atomic E-state index is 12.5. The van der Waals surface area contributed by atoms with Crippen molar-refractivity contribution in [2.75, 3.05) is 18.5 Å². The molecule has 1 aliphatic rings. The number of hydrogen-bond acceptors (Lipinski definition) is 5. The summed E-state index contributed by atoms with van der Waals surface area (Å²) in [5.74, 6) is -2.23. The number of aromatic carboxylic acids is 1. The van der Waals surface area contributed by atoms with Gasteiger partial charge in [0.15, 0.2) is 0 Å². The third-order valence-electron chi connectivity index (χ3n) is 5.75. The smallest absolute Gasteiger partial charge is 0.407 e. The number of fused-ring (bicyclic) bond motifs is 3. The molecule has 1 atom stereocenters. The van der Waals surface area contributed by atoms with Crippen LogP contribution in [0.4, 0.5) is 10.6 Å². The quantitative estimate of drug-likeness (QED) is 0.510. The number of anilines is 1. The van der Waals surface area contributed by atoms with Gasteiger partial charge in [0.25, 0.3) is 0 Å². The Morgan fingerprint density at radius 3 is 2.30 bits per heavy atom. The molecule has 0 radical (unpaired) electrons. The van der Waals surface area contributed by atoms with Crippen LogP contribution in [0.25, 0.3) is 11.1 Å². The first-order valence-electron chi connectivity index (χ1n) is 10.5. The van der Waals surface area contributed by atoms with Crippen molar-refractivity contribution in [1.82, 2.24) is 15.1 Å². The van der Waals surface area contributed by atoms with Crippen molar-refractivity contribution in [2.24, 2.45) is 13.0 Å². The zero-order valence-corrected chi connectivity index (χ0v) is 18.2. The van der Waals surface area contributed by atoms with Gasteiger partial charge >= 0.3 is 12.1 Å². The summed E-state index contributed by atoms with van der Waals surface area (Å²) in [6.07, 6.45) is 0.542. The standard InChI is InChI=1S/C24H24N4O5/c1-14(22(29)27-21-19(23(30)31)12-26-28(21)2)11-25-24(32)33-13-20-17-9-5-3-7-15(17)16-8-4-6-10-18(16)20/h3-10,12,14,20H,11,13H2,1-2H3,(H,25,32)(H,27,29)(H,30,31). The monoisotopic (exact) mass is 448 g/mol. The van der Waals surface area contributed by atoms with Crippen LogP contribution in [0.3, 0.4) is 0 Å². The van der Waals surface area contributed by atoms with Crippen LogP contribution in [0.1, 0.15) is 34.3 Å². The average molecular weight is 448 g/mol. The van der Waals surface area contributed by atoms with Gasteiger partial charge in [0, 0.05) is 19.5 Å². The predicted molar refractivity (Wildman–Crippen MR) is 121 cm³/mol. The number of carboxylic acids is 1. The largest absolute Gasteiger partial charge is 0.477 e. The Labute approximate surface area is 190 Å². The number of aryl methyl sites for hydroxylation is 1. The third-order valence-corrected chi connectivity index (χ3v) is 5.75. The van der Waals surface area contributed by atoms with E-state index in [2.05, 4.69) is 27.9 Å². The van der Waals surface area contributed by atoms with E-state index >= 15 is 0 Å². The number of rotatable bonds is 7. The molecule has 0 spiro atoms. The normalized spacial score (nSPS) is 13.0. The number of nitrogens with zero attached hydrogens (tertiary/aromatic N) is 2. The third kappa shape index (κ3) is 4.43.